The van der Waals surface area contributed by atoms with Gasteiger partial charge in [0.05, 0.1) is 35.2 Å². The lowest BCUT2D eigenvalue weighted by Gasteiger charge is -2.46. The third-order valence-electron chi connectivity index (χ3n) is 10.9. The molecule has 0 saturated carbocycles. The van der Waals surface area contributed by atoms with Crippen LogP contribution in [0, 0.1) is 16.0 Å². The molecular weight excluding hydrogens is 732 g/mol. The molecule has 14 heteroatoms. The first-order chi connectivity index (χ1) is 27.7. The fraction of sp³-hybridized carbons (Fsp3) is 0.209. The lowest BCUT2D eigenvalue weighted by molar-refractivity contribution is -0.384. The topological polar surface area (TPSA) is 192 Å². The lowest BCUT2D eigenvalue weighted by atomic mass is 9.65. The average molecular weight is 769 g/mol. The summed E-state index contributed by atoms with van der Waals surface area (Å²) >= 11 is 0. The van der Waals surface area contributed by atoms with Crippen LogP contribution in [0.4, 0.5) is 16.2 Å². The van der Waals surface area contributed by atoms with Crippen LogP contribution in [0.5, 0.6) is 5.75 Å². The molecule has 5 aromatic rings. The second-order valence-electron chi connectivity index (χ2n) is 13.9. The number of para-hydroxylation sites is 1. The molecule has 1 spiro atoms. The molecule has 2 fully saturated rings. The van der Waals surface area contributed by atoms with E-state index in [0.717, 1.165) is 10.5 Å². The quantitative estimate of drug-likeness (QED) is 0.104. The minimum Gasteiger partial charge on any atom is -0.491 e. The number of aliphatic hydroxyl groups is 1. The standard InChI is InChI=1S/C43H36N4O10/c44-39(49)34-36-40(50)57-37(28-11-5-2-6-12-28)35(27-9-3-1-4-10-27)46(36)38(29-17-21-31(22-18-29)55-24-23-48)43(34)32-13-7-8-14-33(32)45(41(43)51)42(52)56-25-26-15-19-30(20-16-26)47(53)54/h1-22,34-38,48H,23-25H2,(H2,44,49). The van der Waals surface area contributed by atoms with Crippen LogP contribution in [-0.4, -0.2) is 58.1 Å². The number of anilines is 1. The molecule has 3 aliphatic heterocycles. The second-order valence-corrected chi connectivity index (χ2v) is 13.9. The summed E-state index contributed by atoms with van der Waals surface area (Å²) in [5, 5.41) is 20.6. The van der Waals surface area contributed by atoms with Crippen LogP contribution in [0.1, 0.15) is 46.0 Å². The van der Waals surface area contributed by atoms with Gasteiger partial charge < -0.3 is 25.1 Å². The van der Waals surface area contributed by atoms with E-state index in [1.54, 1.807) is 48.5 Å². The summed E-state index contributed by atoms with van der Waals surface area (Å²) < 4.78 is 17.6. The fourth-order valence-corrected chi connectivity index (χ4v) is 8.71. The van der Waals surface area contributed by atoms with Gasteiger partial charge in [-0.25, -0.2) is 9.69 Å². The Morgan fingerprint density at radius 3 is 2.07 bits per heavy atom. The summed E-state index contributed by atoms with van der Waals surface area (Å²) in [5.41, 5.74) is 6.96. The number of carbonyl (C=O) groups excluding carboxylic acids is 4. The molecule has 8 rings (SSSR count). The maximum absolute atomic E-state index is 15.6. The van der Waals surface area contributed by atoms with Gasteiger partial charge in [0.1, 0.15) is 36.5 Å². The molecule has 3 N–H and O–H groups in total. The summed E-state index contributed by atoms with van der Waals surface area (Å²) in [5.74, 6) is -3.69. The number of cyclic esters (lactones) is 1. The number of nitrogens with zero attached hydrogens (tertiary/aromatic N) is 3. The highest BCUT2D eigenvalue weighted by Crippen LogP contribution is 2.65. The van der Waals surface area contributed by atoms with Crippen molar-refractivity contribution in [3.8, 4) is 5.75 Å². The number of esters is 1. The van der Waals surface area contributed by atoms with Crippen molar-refractivity contribution in [1.29, 1.82) is 0 Å². The normalized spacial score (nSPS) is 23.7. The molecule has 0 bridgehead atoms. The van der Waals surface area contributed by atoms with Crippen molar-refractivity contribution in [2.75, 3.05) is 18.1 Å². The Morgan fingerprint density at radius 2 is 1.44 bits per heavy atom. The van der Waals surface area contributed by atoms with Gasteiger partial charge in [-0.1, -0.05) is 91.0 Å². The first kappa shape index (κ1) is 37.0. The van der Waals surface area contributed by atoms with Crippen LogP contribution in [0.25, 0.3) is 0 Å². The second kappa shape index (κ2) is 15.0. The van der Waals surface area contributed by atoms with Crippen LogP contribution >= 0.6 is 0 Å². The Labute approximate surface area is 326 Å². The van der Waals surface area contributed by atoms with Crippen molar-refractivity contribution in [2.24, 2.45) is 11.7 Å². The molecule has 0 aliphatic carbocycles. The molecule has 3 aliphatic rings. The number of hydrogen-bond acceptors (Lipinski definition) is 11. The molecule has 14 nitrogen and oxygen atoms in total. The predicted molar refractivity (Wildman–Crippen MR) is 203 cm³/mol. The Bertz CT molecular complexity index is 2340. The van der Waals surface area contributed by atoms with Gasteiger partial charge in [-0.05, 0) is 58.1 Å². The first-order valence-electron chi connectivity index (χ1n) is 18.2. The van der Waals surface area contributed by atoms with Crippen molar-refractivity contribution in [1.82, 2.24) is 4.90 Å². The number of amides is 3. The Balaban J connectivity index is 1.32. The molecule has 57 heavy (non-hydrogen) atoms. The summed E-state index contributed by atoms with van der Waals surface area (Å²) in [4.78, 5) is 71.9. The molecule has 0 radical (unpaired) electrons. The van der Waals surface area contributed by atoms with Gasteiger partial charge in [0.25, 0.3) is 5.69 Å². The van der Waals surface area contributed by atoms with Crippen LogP contribution in [0.15, 0.2) is 133 Å². The number of morpholine rings is 1. The predicted octanol–water partition coefficient (Wildman–Crippen LogP) is 5.45. The zero-order chi connectivity index (χ0) is 39.8. The minimum absolute atomic E-state index is 0.0359. The molecule has 6 unspecified atom stereocenters. The van der Waals surface area contributed by atoms with Gasteiger partial charge in [0.2, 0.25) is 11.8 Å². The number of imide groups is 1. The number of nitro groups is 1. The van der Waals surface area contributed by atoms with Crippen molar-refractivity contribution < 1.29 is 43.4 Å². The largest absolute Gasteiger partial charge is 0.491 e. The van der Waals surface area contributed by atoms with Crippen LogP contribution in [0.2, 0.25) is 0 Å². The van der Waals surface area contributed by atoms with E-state index in [0.29, 0.717) is 22.4 Å². The number of ether oxygens (including phenoxy) is 3. The SMILES string of the molecule is NC(=O)C1C2C(=O)OC(c3ccccc3)C(c3ccccc3)N2C(c2ccc(OCCO)cc2)C12C(=O)N(C(=O)OCc1ccc([N+](=O)[O-])cc1)c1ccccc12. The van der Waals surface area contributed by atoms with Gasteiger partial charge in [0, 0.05) is 12.1 Å². The van der Waals surface area contributed by atoms with E-state index in [2.05, 4.69) is 0 Å². The maximum atomic E-state index is 15.6. The van der Waals surface area contributed by atoms with Crippen LogP contribution in [-0.2, 0) is 35.9 Å². The number of nitro benzene ring substituents is 1. The highest BCUT2D eigenvalue weighted by atomic mass is 16.6. The smallest absolute Gasteiger partial charge is 0.421 e. The van der Waals surface area contributed by atoms with Gasteiger partial charge in [-0.15, -0.1) is 0 Å². The molecule has 6 atom stereocenters. The van der Waals surface area contributed by atoms with E-state index >= 15 is 4.79 Å². The van der Waals surface area contributed by atoms with E-state index in [-0.39, 0.29) is 36.8 Å². The minimum atomic E-state index is -1.98. The van der Waals surface area contributed by atoms with Crippen molar-refractivity contribution >= 4 is 35.3 Å². The summed E-state index contributed by atoms with van der Waals surface area (Å²) in [6, 6.07) is 34.0. The van der Waals surface area contributed by atoms with E-state index in [1.807, 2.05) is 65.6 Å². The Morgan fingerprint density at radius 1 is 0.807 bits per heavy atom. The molecule has 3 heterocycles. The van der Waals surface area contributed by atoms with E-state index in [9.17, 15) is 29.6 Å². The maximum Gasteiger partial charge on any atom is 0.421 e. The van der Waals surface area contributed by atoms with Crippen molar-refractivity contribution in [3.63, 3.8) is 0 Å². The molecule has 3 amide bonds. The number of fused-ring (bicyclic) bond motifs is 3. The average Bonchev–Trinajstić information content (AvgIpc) is 3.69. The van der Waals surface area contributed by atoms with Crippen molar-refractivity contribution in [3.05, 3.63) is 171 Å². The number of carbonyl (C=O) groups is 4. The van der Waals surface area contributed by atoms with E-state index < -0.39 is 64.4 Å². The molecule has 288 valence electrons. The number of nitrogens with two attached hydrogens (primary N) is 1. The number of hydrogen-bond donors (Lipinski definition) is 2. The van der Waals surface area contributed by atoms with Gasteiger partial charge in [-0.2, -0.15) is 0 Å². The summed E-state index contributed by atoms with van der Waals surface area (Å²) in [6.07, 6.45) is -1.96. The first-order valence-corrected chi connectivity index (χ1v) is 18.2. The third kappa shape index (κ3) is 6.15. The highest BCUT2D eigenvalue weighted by Gasteiger charge is 2.75. The van der Waals surface area contributed by atoms with E-state index in [4.69, 9.17) is 19.9 Å². The monoisotopic (exact) mass is 768 g/mol. The number of rotatable bonds is 10. The lowest BCUT2D eigenvalue weighted by Crippen LogP contribution is -2.55. The Kier molecular flexibility index (Phi) is 9.73. The third-order valence-corrected chi connectivity index (χ3v) is 10.9. The zero-order valence-corrected chi connectivity index (χ0v) is 30.3. The molecule has 0 aromatic heterocycles. The van der Waals surface area contributed by atoms with Gasteiger partial charge >= 0.3 is 12.1 Å². The van der Waals surface area contributed by atoms with Crippen LogP contribution < -0.4 is 15.4 Å². The highest BCUT2D eigenvalue weighted by molar-refractivity contribution is 6.23. The summed E-state index contributed by atoms with van der Waals surface area (Å²) in [6.45, 7) is -0.510. The Hall–Kier alpha value is -6.90. The van der Waals surface area contributed by atoms with Gasteiger partial charge in [-0.3, -0.25) is 29.4 Å². The number of aliphatic hydroxyl groups excluding tert-OH is 1. The number of non-ortho nitro benzene ring substituents is 1. The molecular formula is C43H36N4O10. The number of benzene rings is 5. The van der Waals surface area contributed by atoms with Crippen LogP contribution in [0.3, 0.4) is 0 Å². The van der Waals surface area contributed by atoms with Crippen molar-refractivity contribution in [2.45, 2.75) is 36.3 Å². The fourth-order valence-electron chi connectivity index (χ4n) is 8.71. The number of primary amides is 1. The molecule has 2 saturated heterocycles. The van der Waals surface area contributed by atoms with E-state index in [1.165, 1.54) is 24.3 Å². The van der Waals surface area contributed by atoms with Gasteiger partial charge in [0.15, 0.2) is 0 Å². The zero-order valence-electron chi connectivity index (χ0n) is 30.3. The summed E-state index contributed by atoms with van der Waals surface area (Å²) in [7, 11) is 0. The molecule has 5 aromatic carbocycles.